The molecule has 1 aromatic carbocycles. The molecule has 0 aliphatic carbocycles. The van der Waals surface area contributed by atoms with Crippen molar-refractivity contribution < 1.29 is 9.53 Å². The summed E-state index contributed by atoms with van der Waals surface area (Å²) in [7, 11) is 1.67. The van der Waals surface area contributed by atoms with Crippen molar-refractivity contribution in [3.05, 3.63) is 43.5 Å². The highest BCUT2D eigenvalue weighted by Crippen LogP contribution is 2.33. The maximum Gasteiger partial charge on any atom is 0.264 e. The number of halogens is 2. The number of amides is 1. The van der Waals surface area contributed by atoms with Crippen LogP contribution in [0.4, 0.5) is 5.69 Å². The van der Waals surface area contributed by atoms with Gasteiger partial charge in [-0.3, -0.25) is 4.79 Å². The lowest BCUT2D eigenvalue weighted by Gasteiger charge is -2.36. The van der Waals surface area contributed by atoms with Gasteiger partial charge in [0.2, 0.25) is 0 Å². The lowest BCUT2D eigenvalue weighted by Crippen LogP contribution is -2.48. The Bertz CT molecular complexity index is 692. The molecule has 1 amide bonds. The summed E-state index contributed by atoms with van der Waals surface area (Å²) < 4.78 is 7.16. The first-order valence-corrected chi connectivity index (χ1v) is 9.62. The van der Waals surface area contributed by atoms with Crippen LogP contribution in [-0.4, -0.2) is 44.1 Å². The summed E-state index contributed by atoms with van der Waals surface area (Å²) in [4.78, 5) is 17.5. The molecule has 1 aromatic heterocycles. The Balaban J connectivity index is 1.64. The third-order valence-corrected chi connectivity index (χ3v) is 7.09. The van der Waals surface area contributed by atoms with E-state index in [4.69, 9.17) is 4.74 Å². The lowest BCUT2D eigenvalue weighted by atomic mass is 10.2. The second kappa shape index (κ2) is 7.23. The molecule has 0 radical (unpaired) electrons. The first-order valence-electron chi connectivity index (χ1n) is 7.21. The van der Waals surface area contributed by atoms with E-state index in [1.165, 1.54) is 11.3 Å². The Morgan fingerprint density at radius 1 is 1.17 bits per heavy atom. The fraction of sp³-hybridized carbons (Fsp3) is 0.312. The number of benzene rings is 1. The van der Waals surface area contributed by atoms with Gasteiger partial charge in [0.15, 0.2) is 0 Å². The average Bonchev–Trinajstić information content (AvgIpc) is 2.93. The minimum absolute atomic E-state index is 0.103. The fourth-order valence-electron chi connectivity index (χ4n) is 2.58. The number of anilines is 1. The zero-order valence-corrected chi connectivity index (χ0v) is 16.6. The first kappa shape index (κ1) is 16.8. The Morgan fingerprint density at radius 3 is 2.52 bits per heavy atom. The Morgan fingerprint density at radius 2 is 1.91 bits per heavy atom. The Hall–Kier alpha value is -1.05. The number of methoxy groups -OCH3 is 1. The molecule has 1 aliphatic heterocycles. The van der Waals surface area contributed by atoms with E-state index in [0.29, 0.717) is 0 Å². The van der Waals surface area contributed by atoms with Crippen molar-refractivity contribution in [3.8, 4) is 5.75 Å². The third kappa shape index (κ3) is 3.72. The molecular weight excluding hydrogens is 444 g/mol. The van der Waals surface area contributed by atoms with Crippen molar-refractivity contribution in [1.82, 2.24) is 4.90 Å². The highest BCUT2D eigenvalue weighted by atomic mass is 79.9. The zero-order valence-electron chi connectivity index (χ0n) is 12.6. The van der Waals surface area contributed by atoms with Gasteiger partial charge in [-0.25, -0.2) is 0 Å². The number of piperazine rings is 1. The molecule has 0 bridgehead atoms. The van der Waals surface area contributed by atoms with Crippen LogP contribution in [0.25, 0.3) is 0 Å². The van der Waals surface area contributed by atoms with E-state index in [1.54, 1.807) is 7.11 Å². The maximum absolute atomic E-state index is 12.6. The minimum atomic E-state index is 0.103. The maximum atomic E-state index is 12.6. The van der Waals surface area contributed by atoms with Gasteiger partial charge in [-0.15, -0.1) is 11.3 Å². The molecule has 3 rings (SSSR count). The molecule has 0 N–H and O–H groups in total. The highest BCUT2D eigenvalue weighted by molar-refractivity contribution is 9.13. The summed E-state index contributed by atoms with van der Waals surface area (Å²) in [5, 5.41) is 0. The molecule has 0 atom stereocenters. The van der Waals surface area contributed by atoms with Gasteiger partial charge in [0.05, 0.1) is 15.8 Å². The van der Waals surface area contributed by atoms with Gasteiger partial charge >= 0.3 is 0 Å². The highest BCUT2D eigenvalue weighted by Gasteiger charge is 2.24. The van der Waals surface area contributed by atoms with Crippen molar-refractivity contribution >= 4 is 54.8 Å². The van der Waals surface area contributed by atoms with E-state index in [0.717, 1.165) is 50.8 Å². The average molecular weight is 460 g/mol. The summed E-state index contributed by atoms with van der Waals surface area (Å²) in [6.45, 7) is 3.10. The van der Waals surface area contributed by atoms with Crippen LogP contribution in [-0.2, 0) is 0 Å². The molecule has 1 aliphatic rings. The van der Waals surface area contributed by atoms with E-state index in [2.05, 4.69) is 42.8 Å². The molecule has 0 unspecified atom stereocenters. The molecule has 1 saturated heterocycles. The number of rotatable bonds is 3. The smallest absolute Gasteiger partial charge is 0.264 e. The number of carbonyl (C=O) groups excluding carboxylic acids is 1. The monoisotopic (exact) mass is 458 g/mol. The van der Waals surface area contributed by atoms with Crippen molar-refractivity contribution in [2.75, 3.05) is 38.2 Å². The van der Waals surface area contributed by atoms with Gasteiger partial charge in [-0.05, 0) is 50.1 Å². The summed E-state index contributed by atoms with van der Waals surface area (Å²) in [6, 6.07) is 9.92. The summed E-state index contributed by atoms with van der Waals surface area (Å²) >= 11 is 8.34. The van der Waals surface area contributed by atoms with Crippen LogP contribution < -0.4 is 9.64 Å². The second-order valence-electron chi connectivity index (χ2n) is 5.21. The van der Waals surface area contributed by atoms with E-state index in [1.807, 2.05) is 29.2 Å². The van der Waals surface area contributed by atoms with Crippen molar-refractivity contribution in [2.24, 2.45) is 0 Å². The number of thiophene rings is 1. The summed E-state index contributed by atoms with van der Waals surface area (Å²) in [5.41, 5.74) is 1.14. The van der Waals surface area contributed by atoms with Crippen LogP contribution in [0.1, 0.15) is 9.67 Å². The lowest BCUT2D eigenvalue weighted by molar-refractivity contribution is 0.0751. The molecule has 4 nitrogen and oxygen atoms in total. The number of carbonyl (C=O) groups is 1. The van der Waals surface area contributed by atoms with Gasteiger partial charge in [-0.2, -0.15) is 0 Å². The number of hydrogen-bond acceptors (Lipinski definition) is 4. The quantitative estimate of drug-likeness (QED) is 0.687. The van der Waals surface area contributed by atoms with Crippen LogP contribution in [0.2, 0.25) is 0 Å². The van der Waals surface area contributed by atoms with Crippen LogP contribution in [0.3, 0.4) is 0 Å². The van der Waals surface area contributed by atoms with Gasteiger partial charge in [-0.1, -0.05) is 6.07 Å². The van der Waals surface area contributed by atoms with Crippen LogP contribution in [0, 0.1) is 0 Å². The Kier molecular flexibility index (Phi) is 5.28. The number of hydrogen-bond donors (Lipinski definition) is 0. The van der Waals surface area contributed by atoms with Crippen molar-refractivity contribution in [2.45, 2.75) is 0 Å². The van der Waals surface area contributed by atoms with E-state index in [9.17, 15) is 4.79 Å². The van der Waals surface area contributed by atoms with E-state index >= 15 is 0 Å². The Labute approximate surface area is 156 Å². The second-order valence-corrected chi connectivity index (χ2v) is 8.44. The van der Waals surface area contributed by atoms with Gasteiger partial charge in [0, 0.05) is 42.4 Å². The molecule has 2 heterocycles. The van der Waals surface area contributed by atoms with Crippen LogP contribution in [0.5, 0.6) is 5.75 Å². The number of nitrogens with zero attached hydrogens (tertiary/aromatic N) is 2. The number of ether oxygens (including phenoxy) is 1. The molecule has 1 fully saturated rings. The SMILES string of the molecule is COc1cccc(N2CCN(C(=O)c3cc(Br)c(Br)s3)CC2)c1. The van der Waals surface area contributed by atoms with Gasteiger partial charge in [0.1, 0.15) is 5.75 Å². The molecule has 7 heteroatoms. The minimum Gasteiger partial charge on any atom is -0.497 e. The van der Waals surface area contributed by atoms with E-state index < -0.39 is 0 Å². The first-order chi connectivity index (χ1) is 11.1. The molecule has 2 aromatic rings. The normalized spacial score (nSPS) is 14.9. The molecular formula is C16H16Br2N2O2S. The van der Waals surface area contributed by atoms with Gasteiger partial charge in [0.25, 0.3) is 5.91 Å². The largest absolute Gasteiger partial charge is 0.497 e. The van der Waals surface area contributed by atoms with Crippen LogP contribution >= 0.6 is 43.2 Å². The summed E-state index contributed by atoms with van der Waals surface area (Å²) in [5.74, 6) is 0.959. The van der Waals surface area contributed by atoms with Gasteiger partial charge < -0.3 is 14.5 Å². The predicted molar refractivity (Wildman–Crippen MR) is 101 cm³/mol. The molecule has 122 valence electrons. The van der Waals surface area contributed by atoms with Crippen molar-refractivity contribution in [3.63, 3.8) is 0 Å². The predicted octanol–water partition coefficient (Wildman–Crippen LogP) is 4.24. The third-order valence-electron chi connectivity index (χ3n) is 3.84. The molecule has 0 saturated carbocycles. The molecule has 23 heavy (non-hydrogen) atoms. The zero-order chi connectivity index (χ0) is 16.4. The topological polar surface area (TPSA) is 32.8 Å². The standard InChI is InChI=1S/C16H16Br2N2O2S/c1-22-12-4-2-3-11(9-12)19-5-7-20(8-6-19)16(21)14-10-13(17)15(18)23-14/h2-4,9-10H,5-8H2,1H3. The molecule has 0 spiro atoms. The van der Waals surface area contributed by atoms with Crippen LogP contribution in [0.15, 0.2) is 38.6 Å². The summed E-state index contributed by atoms with van der Waals surface area (Å²) in [6.07, 6.45) is 0. The van der Waals surface area contributed by atoms with Crippen molar-refractivity contribution in [1.29, 1.82) is 0 Å². The fourth-order valence-corrected chi connectivity index (χ4v) is 4.59. The van der Waals surface area contributed by atoms with E-state index in [-0.39, 0.29) is 5.91 Å².